The second-order valence-corrected chi connectivity index (χ2v) is 5.70. The monoisotopic (exact) mass is 358 g/mol. The average Bonchev–Trinajstić information content (AvgIpc) is 3.04. The number of carboxylic acids is 2. The Hall–Kier alpha value is -3.06. The van der Waals surface area contributed by atoms with Gasteiger partial charge in [-0.2, -0.15) is 0 Å². The van der Waals surface area contributed by atoms with Gasteiger partial charge in [0.25, 0.3) is 0 Å². The minimum atomic E-state index is -1.26. The number of aryl methyl sites for hydroxylation is 2. The Labute approximate surface area is 151 Å². The van der Waals surface area contributed by atoms with Crippen molar-refractivity contribution in [3.63, 3.8) is 0 Å². The summed E-state index contributed by atoms with van der Waals surface area (Å²) in [5.41, 5.74) is 11.1. The van der Waals surface area contributed by atoms with Gasteiger partial charge in [0.15, 0.2) is 0 Å². The summed E-state index contributed by atoms with van der Waals surface area (Å²) in [7, 11) is 1.72. The highest BCUT2D eigenvalue weighted by Gasteiger charge is 2.19. The maximum absolute atomic E-state index is 9.55. The van der Waals surface area contributed by atoms with Crippen molar-refractivity contribution in [2.75, 3.05) is 13.7 Å². The zero-order valence-electron chi connectivity index (χ0n) is 14.5. The summed E-state index contributed by atoms with van der Waals surface area (Å²) in [5, 5.41) is 15.6. The number of hydrogen-bond acceptors (Lipinski definition) is 4. The van der Waals surface area contributed by atoms with Crippen molar-refractivity contribution in [1.82, 2.24) is 4.57 Å². The number of benzene rings is 1. The van der Waals surface area contributed by atoms with Gasteiger partial charge in [-0.25, -0.2) is 9.59 Å². The summed E-state index contributed by atoms with van der Waals surface area (Å²) < 4.78 is 7.56. The number of methoxy groups -OCH3 is 1. The molecule has 1 heterocycles. The lowest BCUT2D eigenvalue weighted by atomic mass is 9.90. The Kier molecular flexibility index (Phi) is 6.57. The van der Waals surface area contributed by atoms with Gasteiger partial charge in [-0.05, 0) is 48.2 Å². The van der Waals surface area contributed by atoms with Crippen LogP contribution in [0.1, 0.15) is 11.1 Å². The molecule has 4 N–H and O–H groups in total. The Morgan fingerprint density at radius 3 is 2.38 bits per heavy atom. The molecule has 1 aromatic carbocycles. The van der Waals surface area contributed by atoms with E-state index in [1.165, 1.54) is 22.4 Å². The quantitative estimate of drug-likeness (QED) is 0.704. The molecule has 7 heteroatoms. The van der Waals surface area contributed by atoms with Crippen LogP contribution in [0.5, 0.6) is 5.75 Å². The second-order valence-electron chi connectivity index (χ2n) is 5.70. The van der Waals surface area contributed by atoms with Crippen LogP contribution in [0.3, 0.4) is 0 Å². The van der Waals surface area contributed by atoms with E-state index in [2.05, 4.69) is 29.0 Å². The van der Waals surface area contributed by atoms with Gasteiger partial charge in [0.2, 0.25) is 0 Å². The fourth-order valence-electron chi connectivity index (χ4n) is 2.92. The molecule has 0 aliphatic heterocycles. The number of rotatable bonds is 5. The molecule has 0 saturated heterocycles. The molecule has 1 aliphatic carbocycles. The highest BCUT2D eigenvalue weighted by atomic mass is 16.5. The second kappa shape index (κ2) is 8.87. The number of carboxylic acid groups (broad SMARTS) is 2. The van der Waals surface area contributed by atoms with Crippen molar-refractivity contribution in [1.29, 1.82) is 0 Å². The number of carbonyl (C=O) groups is 2. The standard InChI is InChI=1S/C15H18N2O.C4H4O4/c1-18-13-4-5-14-12(10-13)3-2-11-6-8-17(9-7-16)15(11)14;5-3(6)1-2-4(7)8/h4-6,8,10H,2-3,7,9,16H2,1H3;1-2H,(H,5,6)(H,7,8)/b;2-1+. The molecule has 0 bridgehead atoms. The lowest BCUT2D eigenvalue weighted by molar-refractivity contribution is -0.134. The first kappa shape index (κ1) is 19.3. The molecule has 0 unspecified atom stereocenters. The molecule has 1 aliphatic rings. The van der Waals surface area contributed by atoms with E-state index in [1.54, 1.807) is 7.11 Å². The van der Waals surface area contributed by atoms with E-state index in [-0.39, 0.29) is 0 Å². The smallest absolute Gasteiger partial charge is 0.328 e. The highest BCUT2D eigenvalue weighted by Crippen LogP contribution is 2.36. The van der Waals surface area contributed by atoms with Crippen LogP contribution in [0.25, 0.3) is 11.3 Å². The fraction of sp³-hybridized carbons (Fsp3) is 0.263. The van der Waals surface area contributed by atoms with E-state index in [0.29, 0.717) is 18.7 Å². The predicted octanol–water partition coefficient (Wildman–Crippen LogP) is 1.93. The van der Waals surface area contributed by atoms with Gasteiger partial charge in [0.1, 0.15) is 5.75 Å². The zero-order chi connectivity index (χ0) is 19.1. The highest BCUT2D eigenvalue weighted by molar-refractivity contribution is 5.89. The third kappa shape index (κ3) is 4.73. The molecular weight excluding hydrogens is 336 g/mol. The molecule has 26 heavy (non-hydrogen) atoms. The van der Waals surface area contributed by atoms with Crippen LogP contribution in [0.15, 0.2) is 42.6 Å². The van der Waals surface area contributed by atoms with E-state index >= 15 is 0 Å². The van der Waals surface area contributed by atoms with Gasteiger partial charge in [-0.1, -0.05) is 0 Å². The van der Waals surface area contributed by atoms with Crippen LogP contribution in [0.2, 0.25) is 0 Å². The average molecular weight is 358 g/mol. The number of aliphatic carboxylic acids is 2. The topological polar surface area (TPSA) is 115 Å². The van der Waals surface area contributed by atoms with E-state index in [4.69, 9.17) is 20.7 Å². The van der Waals surface area contributed by atoms with E-state index in [9.17, 15) is 9.59 Å². The Bertz CT molecular complexity index is 807. The molecule has 138 valence electrons. The third-order valence-electron chi connectivity index (χ3n) is 4.02. The van der Waals surface area contributed by atoms with Crippen molar-refractivity contribution in [3.8, 4) is 17.0 Å². The SMILES string of the molecule is COc1ccc2c(c1)CCc1ccn(CCN)c1-2.O=C(O)/C=C/C(=O)O. The number of aromatic nitrogens is 1. The number of ether oxygens (including phenoxy) is 1. The molecule has 3 rings (SSSR count). The van der Waals surface area contributed by atoms with Crippen LogP contribution in [-0.4, -0.2) is 40.4 Å². The van der Waals surface area contributed by atoms with Gasteiger partial charge in [0, 0.05) is 37.0 Å². The van der Waals surface area contributed by atoms with Crippen LogP contribution in [0, 0.1) is 0 Å². The zero-order valence-corrected chi connectivity index (χ0v) is 14.5. The van der Waals surface area contributed by atoms with Gasteiger partial charge < -0.3 is 25.3 Å². The first-order chi connectivity index (χ1) is 12.5. The number of fused-ring (bicyclic) bond motifs is 3. The van der Waals surface area contributed by atoms with E-state index in [1.807, 2.05) is 6.07 Å². The minimum absolute atomic E-state index is 0.558. The van der Waals surface area contributed by atoms with Crippen LogP contribution in [0.4, 0.5) is 0 Å². The summed E-state index contributed by atoms with van der Waals surface area (Å²) in [6, 6.07) is 8.57. The maximum Gasteiger partial charge on any atom is 0.328 e. The fourth-order valence-corrected chi connectivity index (χ4v) is 2.92. The molecule has 0 spiro atoms. The molecule has 1 aromatic heterocycles. The molecular formula is C19H22N2O5. The van der Waals surface area contributed by atoms with Gasteiger partial charge in [0.05, 0.1) is 12.8 Å². The minimum Gasteiger partial charge on any atom is -0.497 e. The summed E-state index contributed by atoms with van der Waals surface area (Å²) in [6.07, 6.45) is 5.46. The van der Waals surface area contributed by atoms with Gasteiger partial charge in [-0.3, -0.25) is 0 Å². The van der Waals surface area contributed by atoms with Gasteiger partial charge >= 0.3 is 11.9 Å². The Morgan fingerprint density at radius 1 is 1.15 bits per heavy atom. The number of nitrogens with zero attached hydrogens (tertiary/aromatic N) is 1. The molecule has 2 aromatic rings. The summed E-state index contributed by atoms with van der Waals surface area (Å²) in [5.74, 6) is -1.58. The van der Waals surface area contributed by atoms with Crippen LogP contribution in [-0.2, 0) is 29.0 Å². The Morgan fingerprint density at radius 2 is 1.81 bits per heavy atom. The van der Waals surface area contributed by atoms with Crippen molar-refractivity contribution in [3.05, 3.63) is 53.7 Å². The third-order valence-corrected chi connectivity index (χ3v) is 4.02. The summed E-state index contributed by atoms with van der Waals surface area (Å²) in [4.78, 5) is 19.1. The van der Waals surface area contributed by atoms with Gasteiger partial charge in [-0.15, -0.1) is 0 Å². The summed E-state index contributed by atoms with van der Waals surface area (Å²) >= 11 is 0. The molecule has 0 saturated carbocycles. The lowest BCUT2D eigenvalue weighted by Gasteiger charge is -2.20. The van der Waals surface area contributed by atoms with Crippen molar-refractivity contribution < 1.29 is 24.5 Å². The number of nitrogens with two attached hydrogens (primary N) is 1. The molecule has 7 nitrogen and oxygen atoms in total. The van der Waals surface area contributed by atoms with Crippen molar-refractivity contribution >= 4 is 11.9 Å². The van der Waals surface area contributed by atoms with E-state index in [0.717, 1.165) is 25.1 Å². The molecule has 0 radical (unpaired) electrons. The van der Waals surface area contributed by atoms with Crippen molar-refractivity contribution in [2.45, 2.75) is 19.4 Å². The molecule has 0 atom stereocenters. The normalized spacial score (nSPS) is 11.9. The predicted molar refractivity (Wildman–Crippen MR) is 97.3 cm³/mol. The first-order valence-electron chi connectivity index (χ1n) is 8.15. The number of hydrogen-bond donors (Lipinski definition) is 3. The van der Waals surface area contributed by atoms with E-state index < -0.39 is 11.9 Å². The summed E-state index contributed by atoms with van der Waals surface area (Å²) in [6.45, 7) is 1.55. The maximum atomic E-state index is 9.55. The first-order valence-corrected chi connectivity index (χ1v) is 8.15. The molecule has 0 fully saturated rings. The largest absolute Gasteiger partial charge is 0.497 e. The van der Waals surface area contributed by atoms with Crippen molar-refractivity contribution in [2.24, 2.45) is 5.73 Å². The molecule has 0 amide bonds. The Balaban J connectivity index is 0.000000260. The van der Waals surface area contributed by atoms with Crippen LogP contribution >= 0.6 is 0 Å². The van der Waals surface area contributed by atoms with Crippen LogP contribution < -0.4 is 10.5 Å². The lowest BCUT2D eigenvalue weighted by Crippen LogP contribution is -2.12.